The van der Waals surface area contributed by atoms with Gasteiger partial charge >= 0.3 is 0 Å². The van der Waals surface area contributed by atoms with E-state index >= 15 is 0 Å². The van der Waals surface area contributed by atoms with Crippen LogP contribution in [-0.2, 0) is 13.0 Å². The third kappa shape index (κ3) is 4.28. The molecule has 6 nitrogen and oxygen atoms in total. The average molecular weight is 401 g/mol. The van der Waals surface area contributed by atoms with Crippen LogP contribution in [0.2, 0.25) is 0 Å². The van der Waals surface area contributed by atoms with Gasteiger partial charge in [0.2, 0.25) is 0 Å². The van der Waals surface area contributed by atoms with Gasteiger partial charge < -0.3 is 4.90 Å². The lowest BCUT2D eigenvalue weighted by Gasteiger charge is -2.32. The Morgan fingerprint density at radius 2 is 1.70 bits per heavy atom. The quantitative estimate of drug-likeness (QED) is 0.471. The summed E-state index contributed by atoms with van der Waals surface area (Å²) in [7, 11) is 0. The molecule has 30 heavy (non-hydrogen) atoms. The smallest absolute Gasteiger partial charge is 0.123 e. The van der Waals surface area contributed by atoms with Gasteiger partial charge in [-0.15, -0.1) is 10.2 Å². The van der Waals surface area contributed by atoms with E-state index in [1.54, 1.807) is 12.7 Å². The van der Waals surface area contributed by atoms with Crippen LogP contribution >= 0.6 is 0 Å². The van der Waals surface area contributed by atoms with Crippen molar-refractivity contribution in [2.75, 3.05) is 19.6 Å². The van der Waals surface area contributed by atoms with Crippen molar-refractivity contribution in [2.24, 2.45) is 5.92 Å². The highest BCUT2D eigenvalue weighted by atomic mass is 15.3. The van der Waals surface area contributed by atoms with Crippen LogP contribution < -0.4 is 0 Å². The summed E-state index contributed by atoms with van der Waals surface area (Å²) >= 11 is 0. The first-order valence-corrected chi connectivity index (χ1v) is 10.9. The van der Waals surface area contributed by atoms with Gasteiger partial charge in [0.05, 0.1) is 11.7 Å². The molecular formula is C24H28N6. The number of rotatable bonds is 7. The Morgan fingerprint density at radius 1 is 0.900 bits per heavy atom. The molecule has 0 spiro atoms. The summed E-state index contributed by atoms with van der Waals surface area (Å²) in [6.45, 7) is 4.55. The van der Waals surface area contributed by atoms with Crippen molar-refractivity contribution in [1.29, 1.82) is 0 Å². The van der Waals surface area contributed by atoms with Crippen molar-refractivity contribution in [3.05, 3.63) is 72.9 Å². The molecule has 0 amide bonds. The first kappa shape index (κ1) is 19.0. The van der Waals surface area contributed by atoms with E-state index in [1.165, 1.54) is 43.4 Å². The minimum absolute atomic E-state index is 0.832. The molecule has 0 aliphatic carbocycles. The largest absolute Gasteiger partial charge is 0.303 e. The van der Waals surface area contributed by atoms with E-state index in [2.05, 4.69) is 73.4 Å². The van der Waals surface area contributed by atoms with Crippen LogP contribution in [0.4, 0.5) is 0 Å². The first-order valence-electron chi connectivity index (χ1n) is 10.9. The first-order chi connectivity index (χ1) is 14.8. The number of benzene rings is 2. The van der Waals surface area contributed by atoms with E-state index in [9.17, 15) is 0 Å². The van der Waals surface area contributed by atoms with Gasteiger partial charge in [-0.05, 0) is 75.0 Å². The molecule has 2 aromatic heterocycles. The van der Waals surface area contributed by atoms with Crippen LogP contribution in [0, 0.1) is 5.92 Å². The van der Waals surface area contributed by atoms with Crippen molar-refractivity contribution >= 4 is 10.9 Å². The molecule has 154 valence electrons. The molecule has 3 heterocycles. The molecule has 2 aromatic carbocycles. The molecule has 4 aromatic rings. The number of likely N-dealkylation sites (tertiary alicyclic amines) is 1. The highest BCUT2D eigenvalue weighted by Gasteiger charge is 2.19. The monoisotopic (exact) mass is 400 g/mol. The Balaban J connectivity index is 1.11. The molecule has 0 saturated carbocycles. The fourth-order valence-corrected chi connectivity index (χ4v) is 4.55. The number of nitrogens with zero attached hydrogens (tertiary/aromatic N) is 6. The summed E-state index contributed by atoms with van der Waals surface area (Å²) in [6.07, 6.45) is 10.4. The van der Waals surface area contributed by atoms with Crippen LogP contribution in [0.15, 0.2) is 67.4 Å². The number of aromatic nitrogens is 5. The lowest BCUT2D eigenvalue weighted by atomic mass is 9.90. The zero-order valence-electron chi connectivity index (χ0n) is 17.3. The van der Waals surface area contributed by atoms with Gasteiger partial charge in [-0.3, -0.25) is 9.25 Å². The third-order valence-corrected chi connectivity index (χ3v) is 6.26. The lowest BCUT2D eigenvalue weighted by Crippen LogP contribution is -2.35. The fraction of sp³-hybridized carbons (Fsp3) is 0.375. The molecule has 0 N–H and O–H groups in total. The van der Waals surface area contributed by atoms with E-state index in [0.29, 0.717) is 0 Å². The molecule has 1 fully saturated rings. The summed E-state index contributed by atoms with van der Waals surface area (Å²) in [5.41, 5.74) is 3.73. The minimum atomic E-state index is 0.832. The van der Waals surface area contributed by atoms with Crippen molar-refractivity contribution in [1.82, 2.24) is 29.4 Å². The van der Waals surface area contributed by atoms with Gasteiger partial charge in [0.15, 0.2) is 0 Å². The average Bonchev–Trinajstić information content (AvgIpc) is 3.46. The lowest BCUT2D eigenvalue weighted by molar-refractivity contribution is 0.179. The molecular weight excluding hydrogens is 372 g/mol. The molecule has 6 heteroatoms. The van der Waals surface area contributed by atoms with E-state index in [-0.39, 0.29) is 0 Å². The number of piperidine rings is 1. The highest BCUT2D eigenvalue weighted by molar-refractivity contribution is 5.80. The van der Waals surface area contributed by atoms with Gasteiger partial charge in [0.25, 0.3) is 0 Å². The van der Waals surface area contributed by atoms with Crippen LogP contribution in [0.25, 0.3) is 16.6 Å². The number of hydrogen-bond donors (Lipinski definition) is 0. The van der Waals surface area contributed by atoms with Crippen molar-refractivity contribution in [2.45, 2.75) is 32.2 Å². The van der Waals surface area contributed by atoms with Crippen LogP contribution in [0.5, 0.6) is 0 Å². The fourth-order valence-electron chi connectivity index (χ4n) is 4.55. The summed E-state index contributed by atoms with van der Waals surface area (Å²) in [5, 5.41) is 13.5. The maximum atomic E-state index is 4.62. The molecule has 1 saturated heterocycles. The van der Waals surface area contributed by atoms with Gasteiger partial charge in [0.1, 0.15) is 12.7 Å². The molecule has 0 bridgehead atoms. The van der Waals surface area contributed by atoms with E-state index in [1.807, 2.05) is 10.8 Å². The number of fused-ring (bicyclic) bond motifs is 1. The Morgan fingerprint density at radius 3 is 2.50 bits per heavy atom. The predicted molar refractivity (Wildman–Crippen MR) is 119 cm³/mol. The predicted octanol–water partition coefficient (Wildman–Crippen LogP) is 3.96. The van der Waals surface area contributed by atoms with E-state index in [0.717, 1.165) is 36.5 Å². The zero-order valence-corrected chi connectivity index (χ0v) is 17.3. The molecule has 0 unspecified atom stereocenters. The standard InChI is InChI=1S/C24H28N6/c1-2-5-20(6-3-1)15-21-9-13-28(14-10-21)11-4-12-30-24-8-7-23(16-22(24)17-27-30)29-18-25-26-19-29/h1-3,5-8,16-19,21H,4,9-15H2. The Kier molecular flexibility index (Phi) is 5.57. The van der Waals surface area contributed by atoms with Crippen molar-refractivity contribution < 1.29 is 0 Å². The van der Waals surface area contributed by atoms with Crippen molar-refractivity contribution in [3.8, 4) is 5.69 Å². The van der Waals surface area contributed by atoms with E-state index in [4.69, 9.17) is 0 Å². The Labute approximate surface area is 177 Å². The SMILES string of the molecule is c1ccc(CC2CCN(CCCn3ncc4cc(-n5cnnc5)ccc43)CC2)cc1. The minimum Gasteiger partial charge on any atom is -0.303 e. The number of hydrogen-bond acceptors (Lipinski definition) is 4. The third-order valence-electron chi connectivity index (χ3n) is 6.26. The Bertz CT molecular complexity index is 1060. The second-order valence-corrected chi connectivity index (χ2v) is 8.31. The zero-order chi connectivity index (χ0) is 20.2. The van der Waals surface area contributed by atoms with Gasteiger partial charge in [-0.1, -0.05) is 30.3 Å². The van der Waals surface area contributed by atoms with E-state index < -0.39 is 0 Å². The summed E-state index contributed by atoms with van der Waals surface area (Å²) < 4.78 is 4.05. The summed E-state index contributed by atoms with van der Waals surface area (Å²) in [6, 6.07) is 17.3. The maximum Gasteiger partial charge on any atom is 0.123 e. The molecule has 0 radical (unpaired) electrons. The van der Waals surface area contributed by atoms with Gasteiger partial charge in [-0.2, -0.15) is 5.10 Å². The highest BCUT2D eigenvalue weighted by Crippen LogP contribution is 2.22. The van der Waals surface area contributed by atoms with Crippen LogP contribution in [0.3, 0.4) is 0 Å². The van der Waals surface area contributed by atoms with Crippen molar-refractivity contribution in [3.63, 3.8) is 0 Å². The Hall–Kier alpha value is -2.99. The summed E-state index contributed by atoms with van der Waals surface area (Å²) in [4.78, 5) is 2.62. The second kappa shape index (κ2) is 8.79. The normalized spacial score (nSPS) is 15.7. The molecule has 1 aliphatic rings. The van der Waals surface area contributed by atoms with Crippen LogP contribution in [0.1, 0.15) is 24.8 Å². The summed E-state index contributed by atoms with van der Waals surface area (Å²) in [5.74, 6) is 0.832. The molecule has 0 atom stereocenters. The second-order valence-electron chi connectivity index (χ2n) is 8.31. The maximum absolute atomic E-state index is 4.62. The van der Waals surface area contributed by atoms with Gasteiger partial charge in [0, 0.05) is 17.6 Å². The van der Waals surface area contributed by atoms with Crippen LogP contribution in [-0.4, -0.2) is 49.1 Å². The molecule has 5 rings (SSSR count). The molecule has 1 aliphatic heterocycles. The number of aryl methyl sites for hydroxylation is 1. The topological polar surface area (TPSA) is 51.8 Å². The van der Waals surface area contributed by atoms with Gasteiger partial charge in [-0.25, -0.2) is 0 Å².